The van der Waals surface area contributed by atoms with Crippen LogP contribution in [-0.2, 0) is 73.2 Å². The van der Waals surface area contributed by atoms with Gasteiger partial charge in [-0.2, -0.15) is 49.6 Å². The van der Waals surface area contributed by atoms with Crippen molar-refractivity contribution in [1.29, 1.82) is 0 Å². The number of aromatic nitrogens is 5. The molecule has 0 bridgehead atoms. The quantitative estimate of drug-likeness (QED) is 0.0299. The van der Waals surface area contributed by atoms with Gasteiger partial charge in [0.2, 0.25) is 16.8 Å². The molecule has 28 heteroatoms. The number of thiol groups is 1. The van der Waals surface area contributed by atoms with Crippen LogP contribution in [0.2, 0.25) is 5.02 Å². The number of sulfone groups is 1. The fourth-order valence-corrected chi connectivity index (χ4v) is 9.19. The molecule has 1 fully saturated rings. The van der Waals surface area contributed by atoms with Gasteiger partial charge in [-0.3, -0.25) is 19.0 Å². The second-order valence-corrected chi connectivity index (χ2v) is 22.4. The van der Waals surface area contributed by atoms with Gasteiger partial charge in [0.25, 0.3) is 5.92 Å². The summed E-state index contributed by atoms with van der Waals surface area (Å²) in [7, 11) is -7.54. The number of benzene rings is 2. The van der Waals surface area contributed by atoms with E-state index in [9.17, 15) is 61.5 Å². The van der Waals surface area contributed by atoms with Crippen molar-refractivity contribution in [3.05, 3.63) is 98.7 Å². The van der Waals surface area contributed by atoms with Gasteiger partial charge in [-0.15, -0.1) is 0 Å². The third kappa shape index (κ3) is 11.6. The topological polar surface area (TPSA) is 201 Å². The van der Waals surface area contributed by atoms with Crippen LogP contribution in [0, 0.1) is 35.3 Å². The Balaban J connectivity index is 1.43. The fourth-order valence-electron chi connectivity index (χ4n) is 8.29. The molecule has 15 nitrogen and oxygen atoms in total. The first-order valence-electron chi connectivity index (χ1n) is 21.8. The number of pyridine rings is 1. The van der Waals surface area contributed by atoms with Gasteiger partial charge in [-0.1, -0.05) is 37.4 Å². The molecule has 0 aliphatic heterocycles. The number of hydrogen-bond donors (Lipinski definition) is 3. The molecule has 3 N–H and O–H groups in total. The lowest BCUT2D eigenvalue weighted by atomic mass is 9.93. The summed E-state index contributed by atoms with van der Waals surface area (Å²) in [6.45, 7) is 0.738. The van der Waals surface area contributed by atoms with Crippen molar-refractivity contribution >= 4 is 55.1 Å². The molecule has 0 radical (unpaired) electrons. The number of nitrogens with zero attached hydrogens (tertiary/aromatic N) is 6. The first-order chi connectivity index (χ1) is 33.7. The van der Waals surface area contributed by atoms with E-state index in [2.05, 4.69) is 32.3 Å². The van der Waals surface area contributed by atoms with Crippen LogP contribution in [0.1, 0.15) is 85.7 Å². The van der Waals surface area contributed by atoms with Crippen LogP contribution < -0.4 is 11.1 Å². The van der Waals surface area contributed by atoms with E-state index in [0.29, 0.717) is 15.1 Å². The maximum Gasteiger partial charge on any atom is 0.435 e. The molecule has 5 aromatic rings. The number of carbonyl (C=O) groups excluding carboxylic acids is 2. The van der Waals surface area contributed by atoms with Crippen molar-refractivity contribution in [3.63, 3.8) is 0 Å². The van der Waals surface area contributed by atoms with E-state index in [-0.39, 0.29) is 43.9 Å². The average Bonchev–Trinajstić information content (AvgIpc) is 3.78. The number of halogens is 11. The second kappa shape index (κ2) is 19.8. The fraction of sp³-hybridized carbons (Fsp3) is 0.444. The number of rotatable bonds is 16. The third-order valence-electron chi connectivity index (χ3n) is 12.3. The molecule has 2 aromatic carbocycles. The smallest absolute Gasteiger partial charge is 0.435 e. The molecular weight excluding hydrogens is 1050 g/mol. The number of alkyl halides is 8. The monoisotopic (exact) mass is 1100 g/mol. The van der Waals surface area contributed by atoms with Crippen LogP contribution >= 0.6 is 11.6 Å². The summed E-state index contributed by atoms with van der Waals surface area (Å²) in [5.74, 6) is -6.36. The van der Waals surface area contributed by atoms with Gasteiger partial charge in [0, 0.05) is 40.3 Å². The summed E-state index contributed by atoms with van der Waals surface area (Å²) >= 11 is 6.66. The zero-order valence-electron chi connectivity index (χ0n) is 38.8. The molecule has 2 unspecified atom stereocenters. The van der Waals surface area contributed by atoms with E-state index in [0.717, 1.165) is 18.4 Å². The molecule has 1 amide bonds. The second-order valence-electron chi connectivity index (χ2n) is 18.4. The number of nitrogens with one attached hydrogen (secondary N) is 1. The lowest BCUT2D eigenvalue weighted by Gasteiger charge is -2.23. The molecule has 2 aliphatic rings. The third-order valence-corrected chi connectivity index (χ3v) is 15.3. The molecule has 0 spiro atoms. The van der Waals surface area contributed by atoms with Crippen LogP contribution in [0.15, 0.2) is 42.5 Å². The van der Waals surface area contributed by atoms with E-state index in [1.54, 1.807) is 13.8 Å². The molecular formula is C45H43ClF10N8O7S2. The summed E-state index contributed by atoms with van der Waals surface area (Å²) in [6.07, 6.45) is -10.3. The highest BCUT2D eigenvalue weighted by atomic mass is 35.5. The standard InChI is InChI=1S/C45H43ClF10N8O7S2/c1-21(2)36(57)41(66)71-20-62(72(67)68)17-32-35-30(46)9-8-27(38(35)64(60-32)19-43(49,50)51)26-7-6-25(10-11-42(3,4)73(5,69)70)58-37(26)31(14-22-12-23(47)15-24(48)13-22)59-33(65)18-63-40-34(39(61-63)45(54,55)56)28-16-29(28)44(40,52)53/h6-9,12-13,15,21,28-29,31,36,72H,14,16-20,57H2,1-5H3,(H,59,65)/t28-,29+,31?,36?/m0/s1. The van der Waals surface area contributed by atoms with E-state index in [4.69, 9.17) is 22.1 Å². The SMILES string of the molecule is CC(C)C(N)C(=O)OCN(Cc1nn(CC(F)(F)F)c2c(-c3ccc(C#CC(C)(C)S(C)(=O)=O)nc3C(Cc3cc(F)cc(F)c3)NC(=O)Cn3nc(C(F)(F)F)c4c3C(F)(F)[C@@H]3C[C@H]43)ccc(Cl)c12)[SH](=O)=O. The Kier molecular flexibility index (Phi) is 14.9. The number of ether oxygens (including phenoxy) is 1. The van der Waals surface area contributed by atoms with Crippen molar-refractivity contribution in [2.24, 2.45) is 17.6 Å². The Labute approximate surface area is 416 Å². The highest BCUT2D eigenvalue weighted by Gasteiger charge is 2.68. The molecule has 4 atom stereocenters. The predicted octanol–water partition coefficient (Wildman–Crippen LogP) is 7.10. The Morgan fingerprint density at radius 3 is 2.25 bits per heavy atom. The van der Waals surface area contributed by atoms with Gasteiger partial charge in [-0.25, -0.2) is 30.6 Å². The van der Waals surface area contributed by atoms with Crippen LogP contribution in [-0.4, -0.2) is 87.5 Å². The Bertz CT molecular complexity index is 3260. The summed E-state index contributed by atoms with van der Waals surface area (Å²) in [6, 6.07) is 3.98. The summed E-state index contributed by atoms with van der Waals surface area (Å²) in [5.41, 5.74) is 0.0815. The Morgan fingerprint density at radius 2 is 1.66 bits per heavy atom. The van der Waals surface area contributed by atoms with Gasteiger partial charge in [0.15, 0.2) is 22.3 Å². The lowest BCUT2D eigenvalue weighted by molar-refractivity contribution is -0.149. The molecule has 394 valence electrons. The van der Waals surface area contributed by atoms with Crippen molar-refractivity contribution in [2.45, 2.75) is 101 Å². The summed E-state index contributed by atoms with van der Waals surface area (Å²) < 4.78 is 202. The summed E-state index contributed by atoms with van der Waals surface area (Å²) in [4.78, 5) is 31.3. The van der Waals surface area contributed by atoms with Gasteiger partial charge in [-0.05, 0) is 80.3 Å². The van der Waals surface area contributed by atoms with E-state index in [1.807, 2.05) is 0 Å². The van der Waals surface area contributed by atoms with Gasteiger partial charge >= 0.3 is 18.3 Å². The van der Waals surface area contributed by atoms with Gasteiger partial charge in [0.05, 0.1) is 34.5 Å². The van der Waals surface area contributed by atoms with E-state index < -0.39 is 164 Å². The zero-order chi connectivity index (χ0) is 54.1. The molecule has 7 rings (SSSR count). The van der Waals surface area contributed by atoms with E-state index >= 15 is 8.78 Å². The first-order valence-corrected chi connectivity index (χ1v) is 25.2. The molecule has 3 aromatic heterocycles. The Morgan fingerprint density at radius 1 is 1.01 bits per heavy atom. The van der Waals surface area contributed by atoms with Crippen molar-refractivity contribution < 1.29 is 75.1 Å². The minimum Gasteiger partial charge on any atom is -0.447 e. The molecule has 73 heavy (non-hydrogen) atoms. The van der Waals surface area contributed by atoms with Gasteiger partial charge < -0.3 is 15.8 Å². The average molecular weight is 1100 g/mol. The lowest BCUT2D eigenvalue weighted by Crippen LogP contribution is -2.39. The molecule has 1 saturated carbocycles. The number of nitrogens with two attached hydrogens (primary N) is 1. The Hall–Kier alpha value is -5.82. The number of esters is 1. The normalized spacial score (nSPS) is 17.4. The molecule has 2 aliphatic carbocycles. The van der Waals surface area contributed by atoms with E-state index in [1.165, 1.54) is 38.1 Å². The number of hydrogen-bond acceptors (Lipinski definition) is 11. The summed E-state index contributed by atoms with van der Waals surface area (Å²) in [5, 5.41) is 9.35. The minimum atomic E-state index is -5.21. The predicted molar refractivity (Wildman–Crippen MR) is 242 cm³/mol. The maximum atomic E-state index is 15.6. The zero-order valence-corrected chi connectivity index (χ0v) is 41.3. The first kappa shape index (κ1) is 54.9. The van der Waals surface area contributed by atoms with Crippen molar-refractivity contribution in [3.8, 4) is 23.0 Å². The maximum absolute atomic E-state index is 15.6. The van der Waals surface area contributed by atoms with Crippen molar-refractivity contribution in [2.75, 3.05) is 13.0 Å². The van der Waals surface area contributed by atoms with Crippen molar-refractivity contribution in [1.82, 2.24) is 34.2 Å². The molecule has 3 heterocycles. The highest BCUT2D eigenvalue weighted by Crippen LogP contribution is 2.68. The number of amides is 1. The van der Waals surface area contributed by atoms with Gasteiger partial charge in [0.1, 0.15) is 46.9 Å². The largest absolute Gasteiger partial charge is 0.447 e. The van der Waals surface area contributed by atoms with Crippen LogP contribution in [0.25, 0.3) is 22.0 Å². The number of carbonyl (C=O) groups is 2. The van der Waals surface area contributed by atoms with Crippen LogP contribution in [0.3, 0.4) is 0 Å². The highest BCUT2D eigenvalue weighted by molar-refractivity contribution is 7.92. The minimum absolute atomic E-state index is 0.209. The van der Waals surface area contributed by atoms with Crippen LogP contribution in [0.4, 0.5) is 43.9 Å². The van der Waals surface area contributed by atoms with Crippen LogP contribution in [0.5, 0.6) is 0 Å². The molecule has 0 saturated heterocycles. The number of fused-ring (bicyclic) bond motifs is 4.